The van der Waals surface area contributed by atoms with E-state index in [9.17, 15) is 18.5 Å². The lowest BCUT2D eigenvalue weighted by atomic mass is 10.0. The first-order chi connectivity index (χ1) is 16.7. The fourth-order valence-electron chi connectivity index (χ4n) is 4.10. The topological polar surface area (TPSA) is 135 Å². The lowest BCUT2D eigenvalue weighted by Gasteiger charge is -2.14. The molecule has 2 aromatic carbocycles. The Bertz CT molecular complexity index is 1410. The lowest BCUT2D eigenvalue weighted by molar-refractivity contribution is -0.116. The zero-order valence-electron chi connectivity index (χ0n) is 19.7. The number of nitriles is 1. The molecule has 0 saturated carbocycles. The summed E-state index contributed by atoms with van der Waals surface area (Å²) in [6.07, 6.45) is 1.16. The summed E-state index contributed by atoms with van der Waals surface area (Å²) in [7, 11) is -3.59. The Morgan fingerprint density at radius 3 is 2.83 bits per heavy atom. The van der Waals surface area contributed by atoms with Gasteiger partial charge in [0.15, 0.2) is 0 Å². The summed E-state index contributed by atoms with van der Waals surface area (Å²) in [5, 5.41) is 13.6. The maximum Gasteiger partial charge on any atom is 0.258 e. The fraction of sp³-hybridized carbons (Fsp3) is 0.360. The van der Waals surface area contributed by atoms with Crippen LogP contribution in [-0.2, 0) is 21.2 Å². The Balaban J connectivity index is 1.59. The number of hydrogen-bond donors (Lipinski definition) is 1. The van der Waals surface area contributed by atoms with Gasteiger partial charge in [-0.25, -0.2) is 13.1 Å². The maximum absolute atomic E-state index is 12.4. The van der Waals surface area contributed by atoms with Crippen LogP contribution in [0.4, 0.5) is 0 Å². The van der Waals surface area contributed by atoms with Crippen molar-refractivity contribution in [1.82, 2.24) is 14.9 Å². The first-order valence-corrected chi connectivity index (χ1v) is 13.0. The Morgan fingerprint density at radius 2 is 2.11 bits per heavy atom. The molecule has 0 spiro atoms. The smallest absolute Gasteiger partial charge is 0.258 e. The Labute approximate surface area is 204 Å². The molecule has 0 radical (unpaired) electrons. The van der Waals surface area contributed by atoms with E-state index in [4.69, 9.17) is 9.26 Å². The number of ether oxygens (including phenoxy) is 1. The molecule has 1 aromatic heterocycles. The van der Waals surface area contributed by atoms with Crippen molar-refractivity contribution in [1.29, 1.82) is 5.26 Å². The van der Waals surface area contributed by atoms with Crippen molar-refractivity contribution < 1.29 is 22.5 Å². The normalized spacial score (nSPS) is 15.1. The number of nitrogens with zero attached hydrogens (tertiary/aromatic N) is 3. The zero-order valence-corrected chi connectivity index (χ0v) is 20.6. The standard InChI is InChI=1S/C25H26N4O5S/c1-15(2)33-23-10-7-17(13-18(23)14-26)25-27-24(28-34-25)21-6-4-5-20-19(21)8-9-22(20)29-35(31,32)12-11-16(3)30/h4-7,10,13,15,22,29H,8-9,11-12H2,1-3H3/t22-/m0/s1. The second-order valence-electron chi connectivity index (χ2n) is 8.77. The second kappa shape index (κ2) is 9.98. The van der Waals surface area contributed by atoms with Crippen molar-refractivity contribution >= 4 is 15.8 Å². The van der Waals surface area contributed by atoms with Gasteiger partial charge in [0.2, 0.25) is 15.8 Å². The van der Waals surface area contributed by atoms with Crippen LogP contribution in [0, 0.1) is 11.3 Å². The number of hydrogen-bond acceptors (Lipinski definition) is 8. The minimum Gasteiger partial charge on any atom is -0.490 e. The van der Waals surface area contributed by atoms with Gasteiger partial charge < -0.3 is 9.26 Å². The van der Waals surface area contributed by atoms with Crippen LogP contribution in [-0.4, -0.2) is 36.2 Å². The van der Waals surface area contributed by atoms with Gasteiger partial charge in [-0.15, -0.1) is 0 Å². The van der Waals surface area contributed by atoms with Gasteiger partial charge >= 0.3 is 0 Å². The number of Topliss-reactive ketones (excluding diaryl/α,β-unsaturated/α-hetero) is 1. The predicted molar refractivity (Wildman–Crippen MR) is 129 cm³/mol. The third-order valence-electron chi connectivity index (χ3n) is 5.69. The highest BCUT2D eigenvalue weighted by Gasteiger charge is 2.29. The van der Waals surface area contributed by atoms with E-state index >= 15 is 0 Å². The molecule has 9 nitrogen and oxygen atoms in total. The van der Waals surface area contributed by atoms with E-state index in [-0.39, 0.29) is 36.0 Å². The van der Waals surface area contributed by atoms with E-state index < -0.39 is 10.0 Å². The quantitative estimate of drug-likeness (QED) is 0.472. The van der Waals surface area contributed by atoms with Crippen molar-refractivity contribution in [2.45, 2.75) is 52.2 Å². The van der Waals surface area contributed by atoms with E-state index in [0.717, 1.165) is 16.7 Å². The number of rotatable bonds is 9. The highest BCUT2D eigenvalue weighted by Crippen LogP contribution is 2.38. The molecule has 1 aliphatic carbocycles. The average molecular weight is 495 g/mol. The molecule has 1 N–H and O–H groups in total. The molecule has 0 saturated heterocycles. The van der Waals surface area contributed by atoms with Gasteiger partial charge in [-0.1, -0.05) is 23.4 Å². The summed E-state index contributed by atoms with van der Waals surface area (Å²) in [5.41, 5.74) is 3.56. The maximum atomic E-state index is 12.4. The van der Waals surface area contributed by atoms with Gasteiger partial charge in [0.05, 0.1) is 17.4 Å². The second-order valence-corrected chi connectivity index (χ2v) is 10.6. The van der Waals surface area contributed by atoms with Crippen LogP contribution >= 0.6 is 0 Å². The van der Waals surface area contributed by atoms with Crippen LogP contribution < -0.4 is 9.46 Å². The van der Waals surface area contributed by atoms with Crippen molar-refractivity contribution in [3.63, 3.8) is 0 Å². The minimum atomic E-state index is -3.59. The van der Waals surface area contributed by atoms with Crippen LogP contribution in [0.3, 0.4) is 0 Å². The first kappa shape index (κ1) is 24.6. The van der Waals surface area contributed by atoms with Gasteiger partial charge in [0.25, 0.3) is 5.89 Å². The van der Waals surface area contributed by atoms with E-state index in [2.05, 4.69) is 20.9 Å². The number of carbonyl (C=O) groups is 1. The largest absolute Gasteiger partial charge is 0.490 e. The van der Waals surface area contributed by atoms with Gasteiger partial charge in [0, 0.05) is 23.6 Å². The third kappa shape index (κ3) is 5.58. The molecular formula is C25H26N4O5S. The van der Waals surface area contributed by atoms with E-state index in [1.165, 1.54) is 6.92 Å². The number of sulfonamides is 1. The molecule has 3 aromatic rings. The van der Waals surface area contributed by atoms with Gasteiger partial charge in [-0.2, -0.15) is 10.2 Å². The van der Waals surface area contributed by atoms with Gasteiger partial charge in [-0.3, -0.25) is 4.79 Å². The van der Waals surface area contributed by atoms with Crippen molar-refractivity contribution in [2.75, 3.05) is 5.75 Å². The lowest BCUT2D eigenvalue weighted by Crippen LogP contribution is -2.30. The van der Waals surface area contributed by atoms with Crippen molar-refractivity contribution in [3.05, 3.63) is 53.1 Å². The summed E-state index contributed by atoms with van der Waals surface area (Å²) >= 11 is 0. The molecule has 1 heterocycles. The molecule has 4 rings (SSSR count). The van der Waals surface area contributed by atoms with Crippen LogP contribution in [0.25, 0.3) is 22.8 Å². The van der Waals surface area contributed by atoms with E-state index in [1.54, 1.807) is 18.2 Å². The summed E-state index contributed by atoms with van der Waals surface area (Å²) < 4.78 is 38.7. The molecule has 0 aliphatic heterocycles. The van der Waals surface area contributed by atoms with Crippen LogP contribution in [0.2, 0.25) is 0 Å². The van der Waals surface area contributed by atoms with Crippen LogP contribution in [0.15, 0.2) is 40.9 Å². The first-order valence-electron chi connectivity index (χ1n) is 11.3. The minimum absolute atomic E-state index is 0.0152. The molecule has 10 heteroatoms. The Morgan fingerprint density at radius 1 is 1.31 bits per heavy atom. The highest BCUT2D eigenvalue weighted by molar-refractivity contribution is 7.89. The summed E-state index contributed by atoms with van der Waals surface area (Å²) in [6.45, 7) is 5.15. The molecule has 0 unspecified atom stereocenters. The highest BCUT2D eigenvalue weighted by atomic mass is 32.2. The molecule has 182 valence electrons. The molecule has 0 fully saturated rings. The summed E-state index contributed by atoms with van der Waals surface area (Å²) in [4.78, 5) is 15.7. The SMILES string of the molecule is CC(=O)CCS(=O)(=O)N[C@H]1CCc2c(-c3noc(-c4ccc(OC(C)C)c(C#N)c4)n3)cccc21. The Kier molecular flexibility index (Phi) is 7.00. The predicted octanol–water partition coefficient (Wildman–Crippen LogP) is 3.95. The summed E-state index contributed by atoms with van der Waals surface area (Å²) in [6, 6.07) is 12.5. The molecule has 1 atom stereocenters. The Hall–Kier alpha value is -3.55. The number of carbonyl (C=O) groups excluding carboxylic acids is 1. The van der Waals surface area contributed by atoms with E-state index in [1.807, 2.05) is 32.0 Å². The number of nitrogens with one attached hydrogen (secondary N) is 1. The molecule has 1 aliphatic rings. The fourth-order valence-corrected chi connectivity index (χ4v) is 5.45. The number of ketones is 1. The van der Waals surface area contributed by atoms with Crippen LogP contribution in [0.5, 0.6) is 5.75 Å². The van der Waals surface area contributed by atoms with Gasteiger partial charge in [-0.05, 0) is 62.9 Å². The summed E-state index contributed by atoms with van der Waals surface area (Å²) in [5.74, 6) is 0.751. The molecule has 0 bridgehead atoms. The van der Waals surface area contributed by atoms with Crippen molar-refractivity contribution in [3.8, 4) is 34.7 Å². The monoisotopic (exact) mass is 494 g/mol. The van der Waals surface area contributed by atoms with Gasteiger partial charge in [0.1, 0.15) is 17.6 Å². The zero-order chi connectivity index (χ0) is 25.2. The van der Waals surface area contributed by atoms with Crippen molar-refractivity contribution in [2.24, 2.45) is 0 Å². The van der Waals surface area contributed by atoms with E-state index in [0.29, 0.717) is 35.5 Å². The van der Waals surface area contributed by atoms with Crippen LogP contribution in [0.1, 0.15) is 56.3 Å². The third-order valence-corrected chi connectivity index (χ3v) is 7.08. The number of aromatic nitrogens is 2. The number of benzene rings is 2. The molecule has 35 heavy (non-hydrogen) atoms. The number of fused-ring (bicyclic) bond motifs is 1. The average Bonchev–Trinajstić information content (AvgIpc) is 3.45. The molecule has 0 amide bonds. The molecular weight excluding hydrogens is 468 g/mol.